The monoisotopic (exact) mass is 264 g/mol. The minimum Gasteiger partial charge on any atom is -0.497 e. The highest BCUT2D eigenvalue weighted by Gasteiger charge is 2.13. The van der Waals surface area contributed by atoms with Crippen LogP contribution in [0.3, 0.4) is 0 Å². The molecule has 1 unspecified atom stereocenters. The van der Waals surface area contributed by atoms with E-state index in [-0.39, 0.29) is 11.9 Å². The Balaban J connectivity index is 2.62. The first-order valence-electron chi connectivity index (χ1n) is 6.68. The zero-order valence-corrected chi connectivity index (χ0v) is 12.2. The number of nitrogens with two attached hydrogens (primary N) is 1. The standard InChI is InChI=1S/C15H24N2O2/c1-10(2)5-6-11(3)17-15(18)13-8-7-12(19-4)9-14(13)16/h7-11H,5-6,16H2,1-4H3,(H,17,18). The summed E-state index contributed by atoms with van der Waals surface area (Å²) < 4.78 is 5.06. The van der Waals surface area contributed by atoms with Crippen molar-refractivity contribution in [3.8, 4) is 5.75 Å². The van der Waals surface area contributed by atoms with Gasteiger partial charge in [0.15, 0.2) is 0 Å². The van der Waals surface area contributed by atoms with Crippen LogP contribution in [0.4, 0.5) is 5.69 Å². The molecule has 3 N–H and O–H groups in total. The number of benzene rings is 1. The number of anilines is 1. The second kappa shape index (κ2) is 7.02. The molecule has 0 bridgehead atoms. The van der Waals surface area contributed by atoms with Gasteiger partial charge in [-0.25, -0.2) is 0 Å². The van der Waals surface area contributed by atoms with Crippen LogP contribution in [0.15, 0.2) is 18.2 Å². The summed E-state index contributed by atoms with van der Waals surface area (Å²) in [4.78, 5) is 12.1. The molecule has 0 radical (unpaired) electrons. The lowest BCUT2D eigenvalue weighted by molar-refractivity contribution is 0.0938. The summed E-state index contributed by atoms with van der Waals surface area (Å²) in [6.45, 7) is 6.37. The van der Waals surface area contributed by atoms with E-state index in [4.69, 9.17) is 10.5 Å². The van der Waals surface area contributed by atoms with Crippen LogP contribution < -0.4 is 15.8 Å². The number of hydrogen-bond donors (Lipinski definition) is 2. The normalized spacial score (nSPS) is 12.3. The molecule has 106 valence electrons. The molecule has 19 heavy (non-hydrogen) atoms. The Morgan fingerprint density at radius 2 is 2.00 bits per heavy atom. The van der Waals surface area contributed by atoms with Crippen LogP contribution in [0.25, 0.3) is 0 Å². The first kappa shape index (κ1) is 15.3. The maximum Gasteiger partial charge on any atom is 0.253 e. The number of methoxy groups -OCH3 is 1. The van der Waals surface area contributed by atoms with Crippen LogP contribution in [0.2, 0.25) is 0 Å². The van der Waals surface area contributed by atoms with Crippen molar-refractivity contribution in [2.45, 2.75) is 39.7 Å². The molecule has 1 aromatic carbocycles. The molecule has 4 nitrogen and oxygen atoms in total. The van der Waals surface area contributed by atoms with Gasteiger partial charge in [-0.05, 0) is 37.8 Å². The van der Waals surface area contributed by atoms with Crippen LogP contribution >= 0.6 is 0 Å². The molecule has 0 aliphatic rings. The molecule has 0 fully saturated rings. The average Bonchev–Trinajstić information content (AvgIpc) is 2.35. The van der Waals surface area contributed by atoms with Crippen LogP contribution in [-0.2, 0) is 0 Å². The fourth-order valence-electron chi connectivity index (χ4n) is 1.83. The molecule has 1 amide bonds. The fraction of sp³-hybridized carbons (Fsp3) is 0.533. The van der Waals surface area contributed by atoms with Gasteiger partial charge in [-0.15, -0.1) is 0 Å². The molecule has 0 aromatic heterocycles. The lowest BCUT2D eigenvalue weighted by atomic mass is 10.0. The molecule has 0 aliphatic heterocycles. The van der Waals surface area contributed by atoms with Crippen molar-refractivity contribution < 1.29 is 9.53 Å². The predicted molar refractivity (Wildman–Crippen MR) is 78.4 cm³/mol. The predicted octanol–water partition coefficient (Wildman–Crippen LogP) is 2.83. The largest absolute Gasteiger partial charge is 0.497 e. The first-order chi connectivity index (χ1) is 8.93. The van der Waals surface area contributed by atoms with Crippen LogP contribution in [0.1, 0.15) is 44.0 Å². The van der Waals surface area contributed by atoms with Crippen LogP contribution in [0.5, 0.6) is 5.75 Å². The van der Waals surface area contributed by atoms with Crippen molar-refractivity contribution in [1.82, 2.24) is 5.32 Å². The van der Waals surface area contributed by atoms with Gasteiger partial charge < -0.3 is 15.8 Å². The van der Waals surface area contributed by atoms with Crippen molar-refractivity contribution in [3.63, 3.8) is 0 Å². The van der Waals surface area contributed by atoms with Crippen molar-refractivity contribution in [2.75, 3.05) is 12.8 Å². The van der Waals surface area contributed by atoms with E-state index < -0.39 is 0 Å². The first-order valence-corrected chi connectivity index (χ1v) is 6.68. The third kappa shape index (κ3) is 4.81. The fourth-order valence-corrected chi connectivity index (χ4v) is 1.83. The minimum absolute atomic E-state index is 0.128. The highest BCUT2D eigenvalue weighted by molar-refractivity contribution is 5.99. The van der Waals surface area contributed by atoms with E-state index in [1.165, 1.54) is 0 Å². The minimum atomic E-state index is -0.128. The van der Waals surface area contributed by atoms with E-state index >= 15 is 0 Å². The molecule has 4 heteroatoms. The van der Waals surface area contributed by atoms with Gasteiger partial charge in [0.05, 0.1) is 12.7 Å². The van der Waals surface area contributed by atoms with Crippen molar-refractivity contribution in [1.29, 1.82) is 0 Å². The smallest absolute Gasteiger partial charge is 0.253 e. The molecule has 0 saturated heterocycles. The molecule has 1 atom stereocenters. The van der Waals surface area contributed by atoms with E-state index in [0.29, 0.717) is 22.9 Å². The van der Waals surface area contributed by atoms with E-state index in [2.05, 4.69) is 19.2 Å². The highest BCUT2D eigenvalue weighted by Crippen LogP contribution is 2.19. The zero-order chi connectivity index (χ0) is 14.4. The van der Waals surface area contributed by atoms with E-state index in [1.54, 1.807) is 25.3 Å². The lowest BCUT2D eigenvalue weighted by Gasteiger charge is -2.16. The van der Waals surface area contributed by atoms with Gasteiger partial charge in [0.25, 0.3) is 5.91 Å². The van der Waals surface area contributed by atoms with Gasteiger partial charge >= 0.3 is 0 Å². The second-order valence-corrected chi connectivity index (χ2v) is 5.30. The van der Waals surface area contributed by atoms with Gasteiger partial charge in [0.2, 0.25) is 0 Å². The third-order valence-electron chi connectivity index (χ3n) is 3.06. The Labute approximate surface area is 115 Å². The lowest BCUT2D eigenvalue weighted by Crippen LogP contribution is -2.33. The highest BCUT2D eigenvalue weighted by atomic mass is 16.5. The summed E-state index contributed by atoms with van der Waals surface area (Å²) in [5, 5.41) is 2.97. The molecule has 0 heterocycles. The molecule has 0 spiro atoms. The number of rotatable bonds is 6. The van der Waals surface area contributed by atoms with Crippen LogP contribution in [-0.4, -0.2) is 19.1 Å². The molecule has 0 aliphatic carbocycles. The summed E-state index contributed by atoms with van der Waals surface area (Å²) in [5.41, 5.74) is 6.79. The summed E-state index contributed by atoms with van der Waals surface area (Å²) in [7, 11) is 1.57. The van der Waals surface area contributed by atoms with Gasteiger partial charge in [-0.2, -0.15) is 0 Å². The summed E-state index contributed by atoms with van der Waals surface area (Å²) >= 11 is 0. The Morgan fingerprint density at radius 1 is 1.32 bits per heavy atom. The quantitative estimate of drug-likeness (QED) is 0.776. The van der Waals surface area contributed by atoms with Crippen LogP contribution in [0, 0.1) is 5.92 Å². The Hall–Kier alpha value is -1.71. The Kier molecular flexibility index (Phi) is 5.67. The summed E-state index contributed by atoms with van der Waals surface area (Å²) in [6, 6.07) is 5.24. The van der Waals surface area contributed by atoms with Gasteiger partial charge in [0, 0.05) is 17.8 Å². The number of carbonyl (C=O) groups is 1. The molecule has 1 aromatic rings. The van der Waals surface area contributed by atoms with E-state index in [9.17, 15) is 4.79 Å². The summed E-state index contributed by atoms with van der Waals surface area (Å²) in [6.07, 6.45) is 2.07. The van der Waals surface area contributed by atoms with Crippen molar-refractivity contribution >= 4 is 11.6 Å². The van der Waals surface area contributed by atoms with Gasteiger partial charge in [-0.1, -0.05) is 13.8 Å². The molecule has 1 rings (SSSR count). The van der Waals surface area contributed by atoms with Crippen molar-refractivity contribution in [2.24, 2.45) is 5.92 Å². The average molecular weight is 264 g/mol. The van der Waals surface area contributed by atoms with Crippen molar-refractivity contribution in [3.05, 3.63) is 23.8 Å². The number of amides is 1. The summed E-state index contributed by atoms with van der Waals surface area (Å²) in [5.74, 6) is 1.17. The zero-order valence-electron chi connectivity index (χ0n) is 12.2. The molecular weight excluding hydrogens is 240 g/mol. The number of nitrogens with one attached hydrogen (secondary N) is 1. The number of nitrogen functional groups attached to an aromatic ring is 1. The number of hydrogen-bond acceptors (Lipinski definition) is 3. The maximum absolute atomic E-state index is 12.1. The number of ether oxygens (including phenoxy) is 1. The van der Waals surface area contributed by atoms with E-state index in [0.717, 1.165) is 12.8 Å². The number of carbonyl (C=O) groups excluding carboxylic acids is 1. The van der Waals surface area contributed by atoms with E-state index in [1.807, 2.05) is 6.92 Å². The topological polar surface area (TPSA) is 64.3 Å². The Morgan fingerprint density at radius 3 is 2.53 bits per heavy atom. The molecule has 0 saturated carbocycles. The second-order valence-electron chi connectivity index (χ2n) is 5.30. The SMILES string of the molecule is COc1ccc(C(=O)NC(C)CCC(C)C)c(N)c1. The van der Waals surface area contributed by atoms with Gasteiger partial charge in [0.1, 0.15) is 5.75 Å². The molecular formula is C15H24N2O2. The third-order valence-corrected chi connectivity index (χ3v) is 3.06. The van der Waals surface area contributed by atoms with Gasteiger partial charge in [-0.3, -0.25) is 4.79 Å². The maximum atomic E-state index is 12.1. The Bertz CT molecular complexity index is 430.